The molecule has 1 aliphatic heterocycles. The Morgan fingerprint density at radius 3 is 2.56 bits per heavy atom. The standard InChI is InChI=1S/C25H23F2N5O2/c1-12-13(2)30-24-22(29-12)21(17-6-5-16(26)10-18(17)27)31-23(32-24)15-7-8-33-19(9-15)20-11-28-25(34-20)14-3-4-14/h5-6,10-11,14-15,19H,3-4,7-9H2,1-2H3/t15-,19-/m1/s1. The van der Waals surface area contributed by atoms with Gasteiger partial charge in [0, 0.05) is 30.1 Å². The number of aryl methyl sites for hydroxylation is 2. The van der Waals surface area contributed by atoms with Gasteiger partial charge in [-0.05, 0) is 51.7 Å². The number of rotatable bonds is 4. The van der Waals surface area contributed by atoms with Crippen molar-refractivity contribution in [3.63, 3.8) is 0 Å². The van der Waals surface area contributed by atoms with Crippen LogP contribution in [0.1, 0.15) is 72.5 Å². The second-order valence-electron chi connectivity index (χ2n) is 9.08. The lowest BCUT2D eigenvalue weighted by atomic mass is 9.93. The van der Waals surface area contributed by atoms with Crippen LogP contribution >= 0.6 is 0 Å². The monoisotopic (exact) mass is 463 g/mol. The number of fused-ring (bicyclic) bond motifs is 1. The Kier molecular flexibility index (Phi) is 5.09. The van der Waals surface area contributed by atoms with Crippen molar-refractivity contribution < 1.29 is 17.9 Å². The average Bonchev–Trinajstić information content (AvgIpc) is 3.56. The highest BCUT2D eigenvalue weighted by Gasteiger charge is 2.33. The summed E-state index contributed by atoms with van der Waals surface area (Å²) in [6, 6.07) is 3.45. The van der Waals surface area contributed by atoms with E-state index in [1.807, 2.05) is 13.8 Å². The molecule has 1 aliphatic carbocycles. The van der Waals surface area contributed by atoms with Gasteiger partial charge >= 0.3 is 0 Å². The largest absolute Gasteiger partial charge is 0.443 e. The Balaban J connectivity index is 1.41. The predicted octanol–water partition coefficient (Wildman–Crippen LogP) is 5.48. The SMILES string of the molecule is Cc1nc2nc([C@@H]3CCO[C@@H](c4cnc(C5CC5)o4)C3)nc(-c3ccc(F)cc3F)c2nc1C. The number of ether oxygens (including phenoxy) is 1. The van der Waals surface area contributed by atoms with Gasteiger partial charge in [-0.3, -0.25) is 0 Å². The Morgan fingerprint density at radius 2 is 1.76 bits per heavy atom. The second-order valence-corrected chi connectivity index (χ2v) is 9.08. The van der Waals surface area contributed by atoms with Crippen molar-refractivity contribution in [2.24, 2.45) is 0 Å². The molecule has 0 bridgehead atoms. The lowest BCUT2D eigenvalue weighted by Crippen LogP contribution is -2.20. The van der Waals surface area contributed by atoms with Gasteiger partial charge in [-0.1, -0.05) is 0 Å². The summed E-state index contributed by atoms with van der Waals surface area (Å²) in [4.78, 5) is 23.1. The van der Waals surface area contributed by atoms with Crippen LogP contribution in [-0.2, 0) is 4.74 Å². The van der Waals surface area contributed by atoms with Crippen molar-refractivity contribution in [3.8, 4) is 11.3 Å². The molecule has 0 unspecified atom stereocenters. The zero-order valence-electron chi connectivity index (χ0n) is 18.9. The summed E-state index contributed by atoms with van der Waals surface area (Å²) in [5.41, 5.74) is 2.71. The third-order valence-corrected chi connectivity index (χ3v) is 6.58. The van der Waals surface area contributed by atoms with Crippen LogP contribution < -0.4 is 0 Å². The van der Waals surface area contributed by atoms with Gasteiger partial charge in [0.2, 0.25) is 0 Å². The number of oxazole rings is 1. The predicted molar refractivity (Wildman–Crippen MR) is 119 cm³/mol. The fourth-order valence-electron chi connectivity index (χ4n) is 4.38. The van der Waals surface area contributed by atoms with Gasteiger partial charge in [0.15, 0.2) is 17.3 Å². The number of hydrogen-bond acceptors (Lipinski definition) is 7. The Morgan fingerprint density at radius 1 is 0.941 bits per heavy atom. The lowest BCUT2D eigenvalue weighted by molar-refractivity contribution is -0.00895. The van der Waals surface area contributed by atoms with Crippen molar-refractivity contribution in [1.82, 2.24) is 24.9 Å². The molecule has 4 heterocycles. The van der Waals surface area contributed by atoms with Crippen LogP contribution in [0.25, 0.3) is 22.4 Å². The van der Waals surface area contributed by atoms with Crippen LogP contribution in [0.3, 0.4) is 0 Å². The molecule has 7 nitrogen and oxygen atoms in total. The molecule has 34 heavy (non-hydrogen) atoms. The Labute approximate surface area is 194 Å². The van der Waals surface area contributed by atoms with Gasteiger partial charge in [0.05, 0.1) is 17.6 Å². The summed E-state index contributed by atoms with van der Waals surface area (Å²) in [7, 11) is 0. The molecule has 2 fully saturated rings. The number of nitrogens with zero attached hydrogens (tertiary/aromatic N) is 5. The van der Waals surface area contributed by atoms with Gasteiger partial charge in [0.1, 0.15) is 34.8 Å². The van der Waals surface area contributed by atoms with Crippen LogP contribution in [-0.4, -0.2) is 31.5 Å². The summed E-state index contributed by atoms with van der Waals surface area (Å²) in [6.07, 6.45) is 5.03. The van der Waals surface area contributed by atoms with E-state index < -0.39 is 11.6 Å². The minimum absolute atomic E-state index is 0.0525. The Bertz CT molecular complexity index is 1400. The molecule has 1 aromatic carbocycles. The van der Waals surface area contributed by atoms with Crippen molar-refractivity contribution in [2.45, 2.75) is 57.5 Å². The molecule has 4 aromatic rings. The van der Waals surface area contributed by atoms with Crippen LogP contribution in [0.5, 0.6) is 0 Å². The number of aromatic nitrogens is 5. The van der Waals surface area contributed by atoms with E-state index >= 15 is 0 Å². The number of benzene rings is 1. The molecule has 3 aromatic heterocycles. The molecule has 0 radical (unpaired) electrons. The van der Waals surface area contributed by atoms with Crippen LogP contribution in [0.15, 0.2) is 28.8 Å². The second kappa shape index (κ2) is 8.16. The van der Waals surface area contributed by atoms with E-state index in [-0.39, 0.29) is 17.6 Å². The fraction of sp³-hybridized carbons (Fsp3) is 0.400. The summed E-state index contributed by atoms with van der Waals surface area (Å²) < 4.78 is 40.3. The molecule has 2 aliphatic rings. The van der Waals surface area contributed by atoms with Gasteiger partial charge in [0.25, 0.3) is 0 Å². The van der Waals surface area contributed by atoms with E-state index in [2.05, 4.69) is 15.0 Å². The molecule has 0 spiro atoms. The van der Waals surface area contributed by atoms with Gasteiger partial charge in [-0.2, -0.15) is 0 Å². The molecule has 174 valence electrons. The first kappa shape index (κ1) is 21.2. The maximum atomic E-state index is 14.8. The number of hydrogen-bond donors (Lipinski definition) is 0. The van der Waals surface area contributed by atoms with Crippen molar-refractivity contribution in [2.75, 3.05) is 6.61 Å². The smallest absolute Gasteiger partial charge is 0.197 e. The van der Waals surface area contributed by atoms with Gasteiger partial charge < -0.3 is 9.15 Å². The van der Waals surface area contributed by atoms with Crippen LogP contribution in [0.4, 0.5) is 8.78 Å². The van der Waals surface area contributed by atoms with Gasteiger partial charge in [-0.25, -0.2) is 33.7 Å². The highest BCUT2D eigenvalue weighted by atomic mass is 19.1. The highest BCUT2D eigenvalue weighted by molar-refractivity contribution is 5.87. The maximum Gasteiger partial charge on any atom is 0.197 e. The average molecular weight is 463 g/mol. The third kappa shape index (κ3) is 3.83. The quantitative estimate of drug-likeness (QED) is 0.396. The molecule has 0 N–H and O–H groups in total. The zero-order valence-corrected chi connectivity index (χ0v) is 18.9. The first-order chi connectivity index (χ1) is 16.5. The minimum Gasteiger partial charge on any atom is -0.443 e. The Hall–Kier alpha value is -3.33. The molecule has 1 saturated heterocycles. The van der Waals surface area contributed by atoms with E-state index in [1.54, 1.807) is 6.20 Å². The summed E-state index contributed by atoms with van der Waals surface area (Å²) in [6.45, 7) is 4.19. The van der Waals surface area contributed by atoms with Crippen molar-refractivity contribution in [3.05, 3.63) is 64.9 Å². The molecular weight excluding hydrogens is 440 g/mol. The van der Waals surface area contributed by atoms with Crippen molar-refractivity contribution in [1.29, 1.82) is 0 Å². The third-order valence-electron chi connectivity index (χ3n) is 6.58. The fourth-order valence-corrected chi connectivity index (χ4v) is 4.38. The van der Waals surface area contributed by atoms with E-state index in [4.69, 9.17) is 19.1 Å². The van der Waals surface area contributed by atoms with Gasteiger partial charge in [-0.15, -0.1) is 0 Å². The van der Waals surface area contributed by atoms with Crippen LogP contribution in [0.2, 0.25) is 0 Å². The van der Waals surface area contributed by atoms with E-state index in [0.29, 0.717) is 59.5 Å². The maximum absolute atomic E-state index is 14.8. The zero-order chi connectivity index (χ0) is 23.4. The molecule has 0 amide bonds. The first-order valence-electron chi connectivity index (χ1n) is 11.5. The molecule has 2 atom stereocenters. The van der Waals surface area contributed by atoms with Crippen LogP contribution in [0, 0.1) is 25.5 Å². The normalized spacial score (nSPS) is 20.7. The summed E-state index contributed by atoms with van der Waals surface area (Å²) in [5.74, 6) is 1.05. The molecular formula is C25H23F2N5O2. The minimum atomic E-state index is -0.704. The van der Waals surface area contributed by atoms with E-state index in [9.17, 15) is 8.78 Å². The van der Waals surface area contributed by atoms with Crippen molar-refractivity contribution >= 4 is 11.2 Å². The summed E-state index contributed by atoms with van der Waals surface area (Å²) >= 11 is 0. The number of halogens is 2. The molecule has 1 saturated carbocycles. The van der Waals surface area contributed by atoms with E-state index in [0.717, 1.165) is 30.5 Å². The molecule has 9 heteroatoms. The highest BCUT2D eigenvalue weighted by Crippen LogP contribution is 2.42. The summed E-state index contributed by atoms with van der Waals surface area (Å²) in [5, 5.41) is 0. The lowest BCUT2D eigenvalue weighted by Gasteiger charge is -2.27. The van der Waals surface area contributed by atoms with E-state index in [1.165, 1.54) is 12.1 Å². The molecule has 6 rings (SSSR count). The first-order valence-corrected chi connectivity index (χ1v) is 11.5. The topological polar surface area (TPSA) is 86.8 Å².